The molecule has 1 aromatic heterocycles. The third-order valence-corrected chi connectivity index (χ3v) is 1.83. The lowest BCUT2D eigenvalue weighted by Crippen LogP contribution is -2.02. The number of hydrogen-bond acceptors (Lipinski definition) is 4. The molecule has 1 rings (SSSR count). The summed E-state index contributed by atoms with van der Waals surface area (Å²) in [7, 11) is 1.24. The molecule has 0 aliphatic heterocycles. The van der Waals surface area contributed by atoms with Gasteiger partial charge >= 0.3 is 11.9 Å². The largest absolute Gasteiger partial charge is 0.478 e. The molecule has 0 bridgehead atoms. The lowest BCUT2D eigenvalue weighted by molar-refractivity contribution is -0.131. The van der Waals surface area contributed by atoms with Gasteiger partial charge in [0, 0.05) is 6.08 Å². The molecule has 0 saturated heterocycles. The molecule has 0 aromatic carbocycles. The van der Waals surface area contributed by atoms with Gasteiger partial charge in [-0.3, -0.25) is 0 Å². The number of carbonyl (C=O) groups is 2. The minimum atomic E-state index is -1.11. The van der Waals surface area contributed by atoms with Gasteiger partial charge in [-0.15, -0.1) is 0 Å². The average Bonchev–Trinajstić information content (AvgIpc) is 2.24. The van der Waals surface area contributed by atoms with Crippen molar-refractivity contribution in [2.24, 2.45) is 0 Å². The van der Waals surface area contributed by atoms with Crippen LogP contribution in [0.1, 0.15) is 16.1 Å². The van der Waals surface area contributed by atoms with Crippen LogP contribution in [0.2, 0.25) is 5.15 Å². The third kappa shape index (κ3) is 3.36. The summed E-state index contributed by atoms with van der Waals surface area (Å²) in [6.07, 6.45) is 2.14. The molecular formula is C10H8ClNO4. The second-order valence-electron chi connectivity index (χ2n) is 2.77. The van der Waals surface area contributed by atoms with Crippen molar-refractivity contribution < 1.29 is 19.4 Å². The highest BCUT2D eigenvalue weighted by molar-refractivity contribution is 6.29. The maximum atomic E-state index is 11.2. The number of ether oxygens (including phenoxy) is 1. The van der Waals surface area contributed by atoms with Crippen molar-refractivity contribution in [2.75, 3.05) is 7.11 Å². The number of aliphatic carboxylic acids is 1. The Morgan fingerprint density at radius 1 is 1.50 bits per heavy atom. The molecule has 0 amide bonds. The summed E-state index contributed by atoms with van der Waals surface area (Å²) >= 11 is 5.67. The monoisotopic (exact) mass is 241 g/mol. The van der Waals surface area contributed by atoms with Gasteiger partial charge in [0.05, 0.1) is 18.4 Å². The molecule has 5 nitrogen and oxygen atoms in total. The first-order valence-corrected chi connectivity index (χ1v) is 4.57. The van der Waals surface area contributed by atoms with Gasteiger partial charge in [-0.2, -0.15) is 0 Å². The SMILES string of the molecule is COC(=O)c1cc(Cl)nc(/C=C/C(=O)O)c1. The molecule has 0 fully saturated rings. The van der Waals surface area contributed by atoms with E-state index in [9.17, 15) is 9.59 Å². The minimum absolute atomic E-state index is 0.0907. The molecule has 0 atom stereocenters. The zero-order valence-electron chi connectivity index (χ0n) is 8.31. The first-order valence-electron chi connectivity index (χ1n) is 4.20. The van der Waals surface area contributed by atoms with Crippen molar-refractivity contribution >= 4 is 29.6 Å². The van der Waals surface area contributed by atoms with Crippen molar-refractivity contribution in [3.8, 4) is 0 Å². The van der Waals surface area contributed by atoms with E-state index in [0.29, 0.717) is 0 Å². The number of esters is 1. The van der Waals surface area contributed by atoms with Gasteiger partial charge in [0.15, 0.2) is 0 Å². The number of hydrogen-bond donors (Lipinski definition) is 1. The van der Waals surface area contributed by atoms with Crippen LogP contribution < -0.4 is 0 Å². The topological polar surface area (TPSA) is 76.5 Å². The van der Waals surface area contributed by atoms with Gasteiger partial charge in [0.25, 0.3) is 0 Å². The molecule has 0 unspecified atom stereocenters. The van der Waals surface area contributed by atoms with E-state index >= 15 is 0 Å². The molecule has 0 radical (unpaired) electrons. The van der Waals surface area contributed by atoms with E-state index in [1.54, 1.807) is 0 Å². The molecule has 0 spiro atoms. The van der Waals surface area contributed by atoms with E-state index in [1.165, 1.54) is 25.3 Å². The predicted molar refractivity (Wildman–Crippen MR) is 57.3 cm³/mol. The fourth-order valence-electron chi connectivity index (χ4n) is 0.995. The first-order chi connectivity index (χ1) is 7.52. The van der Waals surface area contributed by atoms with E-state index in [0.717, 1.165) is 6.08 Å². The highest BCUT2D eigenvalue weighted by Crippen LogP contribution is 2.12. The summed E-state index contributed by atoms with van der Waals surface area (Å²) in [5.74, 6) is -1.67. The van der Waals surface area contributed by atoms with Crippen LogP contribution in [0.5, 0.6) is 0 Å². The highest BCUT2D eigenvalue weighted by Gasteiger charge is 2.08. The Balaban J connectivity index is 3.08. The number of carbonyl (C=O) groups excluding carboxylic acids is 1. The Bertz CT molecular complexity index is 456. The standard InChI is InChI=1S/C10H8ClNO4/c1-16-10(15)6-4-7(2-3-9(13)14)12-8(11)5-6/h2-5H,1H3,(H,13,14)/b3-2+. The summed E-state index contributed by atoms with van der Waals surface area (Å²) in [5.41, 5.74) is 0.489. The maximum absolute atomic E-state index is 11.2. The predicted octanol–water partition coefficient (Wildman–Crippen LogP) is 1.62. The molecule has 6 heteroatoms. The number of carboxylic acids is 1. The molecule has 0 saturated carbocycles. The fourth-order valence-corrected chi connectivity index (χ4v) is 1.21. The number of halogens is 1. The molecule has 0 aliphatic rings. The maximum Gasteiger partial charge on any atom is 0.338 e. The van der Waals surface area contributed by atoms with Gasteiger partial charge in [0.2, 0.25) is 0 Å². The Morgan fingerprint density at radius 3 is 2.75 bits per heavy atom. The molecule has 0 aliphatic carbocycles. The number of nitrogens with zero attached hydrogens (tertiary/aromatic N) is 1. The van der Waals surface area contributed by atoms with Gasteiger partial charge in [0.1, 0.15) is 5.15 Å². The smallest absolute Gasteiger partial charge is 0.338 e. The molecule has 84 valence electrons. The van der Waals surface area contributed by atoms with Crippen LogP contribution in [-0.4, -0.2) is 29.1 Å². The van der Waals surface area contributed by atoms with Crippen molar-refractivity contribution in [1.82, 2.24) is 4.98 Å². The van der Waals surface area contributed by atoms with Crippen molar-refractivity contribution in [1.29, 1.82) is 0 Å². The molecule has 1 N–H and O–H groups in total. The minimum Gasteiger partial charge on any atom is -0.478 e. The molecule has 1 heterocycles. The van der Waals surface area contributed by atoms with E-state index in [1.807, 2.05) is 0 Å². The van der Waals surface area contributed by atoms with Crippen molar-refractivity contribution in [3.05, 3.63) is 34.6 Å². The van der Waals surface area contributed by atoms with Crippen molar-refractivity contribution in [2.45, 2.75) is 0 Å². The number of rotatable bonds is 3. The summed E-state index contributed by atoms with van der Waals surface area (Å²) in [6.45, 7) is 0. The van der Waals surface area contributed by atoms with Gasteiger partial charge in [-0.25, -0.2) is 14.6 Å². The number of pyridine rings is 1. The summed E-state index contributed by atoms with van der Waals surface area (Å²) in [5, 5.41) is 8.52. The second kappa shape index (κ2) is 5.27. The van der Waals surface area contributed by atoms with Crippen LogP contribution >= 0.6 is 11.6 Å². The second-order valence-corrected chi connectivity index (χ2v) is 3.15. The Morgan fingerprint density at radius 2 is 2.19 bits per heavy atom. The number of aromatic nitrogens is 1. The molecule has 1 aromatic rings. The van der Waals surface area contributed by atoms with E-state index < -0.39 is 11.9 Å². The third-order valence-electron chi connectivity index (χ3n) is 1.63. The fraction of sp³-hybridized carbons (Fsp3) is 0.100. The van der Waals surface area contributed by atoms with E-state index in [-0.39, 0.29) is 16.4 Å². The van der Waals surface area contributed by atoms with Crippen molar-refractivity contribution in [3.63, 3.8) is 0 Å². The quantitative estimate of drug-likeness (QED) is 0.494. The Kier molecular flexibility index (Phi) is 4.02. The average molecular weight is 242 g/mol. The van der Waals surface area contributed by atoms with Crippen LogP contribution in [0.4, 0.5) is 0 Å². The Labute approximate surface area is 96.3 Å². The van der Waals surface area contributed by atoms with E-state index in [4.69, 9.17) is 16.7 Å². The Hall–Kier alpha value is -1.88. The zero-order chi connectivity index (χ0) is 12.1. The normalized spacial score (nSPS) is 10.4. The highest BCUT2D eigenvalue weighted by atomic mass is 35.5. The lowest BCUT2D eigenvalue weighted by atomic mass is 10.2. The lowest BCUT2D eigenvalue weighted by Gasteiger charge is -2.01. The number of methoxy groups -OCH3 is 1. The summed E-state index contributed by atoms with van der Waals surface area (Å²) < 4.78 is 4.51. The summed E-state index contributed by atoms with van der Waals surface area (Å²) in [6, 6.07) is 2.72. The van der Waals surface area contributed by atoms with Gasteiger partial charge < -0.3 is 9.84 Å². The van der Waals surface area contributed by atoms with Gasteiger partial charge in [-0.05, 0) is 18.2 Å². The molecular weight excluding hydrogens is 234 g/mol. The number of carboxylic acid groups (broad SMARTS) is 1. The van der Waals surface area contributed by atoms with Crippen LogP contribution in [0.3, 0.4) is 0 Å². The van der Waals surface area contributed by atoms with E-state index in [2.05, 4.69) is 9.72 Å². The first kappa shape index (κ1) is 12.2. The van der Waals surface area contributed by atoms with Crippen LogP contribution in [-0.2, 0) is 9.53 Å². The zero-order valence-corrected chi connectivity index (χ0v) is 9.06. The van der Waals surface area contributed by atoms with Gasteiger partial charge in [-0.1, -0.05) is 11.6 Å². The van der Waals surface area contributed by atoms with Crippen LogP contribution in [0, 0.1) is 0 Å². The van der Waals surface area contributed by atoms with Crippen LogP contribution in [0.15, 0.2) is 18.2 Å². The summed E-state index contributed by atoms with van der Waals surface area (Å²) in [4.78, 5) is 25.3. The van der Waals surface area contributed by atoms with Crippen LogP contribution in [0.25, 0.3) is 6.08 Å². The molecule has 16 heavy (non-hydrogen) atoms.